The van der Waals surface area contributed by atoms with Gasteiger partial charge in [0.1, 0.15) is 0 Å². The second-order valence-electron chi connectivity index (χ2n) is 3.92. The molecule has 0 bridgehead atoms. The molecule has 7 heteroatoms. The topological polar surface area (TPSA) is 72.2 Å². The number of nitro groups is 1. The first kappa shape index (κ1) is 14.3. The zero-order valence-corrected chi connectivity index (χ0v) is 11.5. The molecule has 0 spiro atoms. The number of non-ortho nitro benzene ring substituents is 1. The van der Waals surface area contributed by atoms with Gasteiger partial charge in [-0.1, -0.05) is 23.2 Å². The number of nitro benzene ring substituents is 1. The number of amides is 1. The van der Waals surface area contributed by atoms with Crippen LogP contribution in [0.4, 0.5) is 11.4 Å². The van der Waals surface area contributed by atoms with Gasteiger partial charge in [0.2, 0.25) is 0 Å². The van der Waals surface area contributed by atoms with Gasteiger partial charge in [0.05, 0.1) is 4.92 Å². The summed E-state index contributed by atoms with van der Waals surface area (Å²) in [6.45, 7) is 0. The van der Waals surface area contributed by atoms with Crippen molar-refractivity contribution in [2.75, 3.05) is 5.32 Å². The van der Waals surface area contributed by atoms with E-state index in [2.05, 4.69) is 5.32 Å². The second kappa shape index (κ2) is 5.90. The van der Waals surface area contributed by atoms with Crippen LogP contribution in [0.5, 0.6) is 0 Å². The van der Waals surface area contributed by atoms with Crippen molar-refractivity contribution in [1.82, 2.24) is 0 Å². The summed E-state index contributed by atoms with van der Waals surface area (Å²) in [4.78, 5) is 22.0. The lowest BCUT2D eigenvalue weighted by molar-refractivity contribution is -0.384. The molecule has 0 unspecified atom stereocenters. The zero-order chi connectivity index (χ0) is 14.7. The van der Waals surface area contributed by atoms with E-state index in [0.717, 1.165) is 0 Å². The molecule has 1 N–H and O–H groups in total. The van der Waals surface area contributed by atoms with E-state index in [-0.39, 0.29) is 5.69 Å². The van der Waals surface area contributed by atoms with Gasteiger partial charge in [-0.15, -0.1) is 0 Å². The molecule has 0 heterocycles. The van der Waals surface area contributed by atoms with E-state index in [4.69, 9.17) is 23.2 Å². The van der Waals surface area contributed by atoms with Crippen LogP contribution in [0.2, 0.25) is 10.0 Å². The van der Waals surface area contributed by atoms with Gasteiger partial charge in [0.15, 0.2) is 0 Å². The van der Waals surface area contributed by atoms with E-state index in [0.29, 0.717) is 21.3 Å². The van der Waals surface area contributed by atoms with Crippen molar-refractivity contribution in [3.05, 3.63) is 68.2 Å². The second-order valence-corrected chi connectivity index (χ2v) is 4.79. The Morgan fingerprint density at radius 2 is 1.60 bits per heavy atom. The molecule has 0 aliphatic carbocycles. The van der Waals surface area contributed by atoms with Gasteiger partial charge >= 0.3 is 0 Å². The minimum absolute atomic E-state index is 0.0474. The number of carbonyl (C=O) groups excluding carboxylic acids is 1. The van der Waals surface area contributed by atoms with Crippen molar-refractivity contribution >= 4 is 40.5 Å². The van der Waals surface area contributed by atoms with E-state index in [1.807, 2.05) is 0 Å². The molecule has 0 saturated heterocycles. The van der Waals surface area contributed by atoms with Gasteiger partial charge in [-0.25, -0.2) is 0 Å². The summed E-state index contributed by atoms with van der Waals surface area (Å²) >= 11 is 11.6. The van der Waals surface area contributed by atoms with Gasteiger partial charge in [0, 0.05) is 33.4 Å². The summed E-state index contributed by atoms with van der Waals surface area (Å²) in [7, 11) is 0. The third-order valence-corrected chi connectivity index (χ3v) is 2.90. The van der Waals surface area contributed by atoms with Crippen LogP contribution in [-0.2, 0) is 0 Å². The van der Waals surface area contributed by atoms with Crippen molar-refractivity contribution in [3.8, 4) is 0 Å². The normalized spacial score (nSPS) is 10.1. The lowest BCUT2D eigenvalue weighted by Crippen LogP contribution is -2.11. The number of anilines is 1. The molecule has 20 heavy (non-hydrogen) atoms. The first-order valence-corrected chi connectivity index (χ1v) is 6.23. The van der Waals surface area contributed by atoms with Gasteiger partial charge in [-0.05, 0) is 30.3 Å². The number of halogens is 2. The Morgan fingerprint density at radius 1 is 1.05 bits per heavy atom. The minimum atomic E-state index is -0.512. The van der Waals surface area contributed by atoms with Crippen LogP contribution in [0.3, 0.4) is 0 Å². The summed E-state index contributed by atoms with van der Waals surface area (Å²) < 4.78 is 0. The third kappa shape index (κ3) is 3.46. The highest BCUT2D eigenvalue weighted by molar-refractivity contribution is 6.35. The monoisotopic (exact) mass is 310 g/mol. The molecular weight excluding hydrogens is 303 g/mol. The van der Waals surface area contributed by atoms with Gasteiger partial charge in [-0.2, -0.15) is 0 Å². The quantitative estimate of drug-likeness (QED) is 0.683. The molecule has 2 aromatic rings. The molecule has 102 valence electrons. The first-order chi connectivity index (χ1) is 9.45. The summed E-state index contributed by atoms with van der Waals surface area (Å²) in [5.41, 5.74) is 0.700. The fourth-order valence-corrected chi connectivity index (χ4v) is 2.08. The van der Waals surface area contributed by atoms with E-state index in [1.54, 1.807) is 0 Å². The van der Waals surface area contributed by atoms with Gasteiger partial charge in [0.25, 0.3) is 11.6 Å². The van der Waals surface area contributed by atoms with Crippen LogP contribution in [0.25, 0.3) is 0 Å². The minimum Gasteiger partial charge on any atom is -0.322 e. The van der Waals surface area contributed by atoms with Crippen molar-refractivity contribution < 1.29 is 9.72 Å². The predicted octanol–water partition coefficient (Wildman–Crippen LogP) is 4.15. The highest BCUT2D eigenvalue weighted by atomic mass is 35.5. The van der Waals surface area contributed by atoms with Crippen molar-refractivity contribution in [3.63, 3.8) is 0 Å². The molecule has 5 nitrogen and oxygen atoms in total. The molecule has 2 aromatic carbocycles. The molecule has 0 fully saturated rings. The zero-order valence-electron chi connectivity index (χ0n) is 9.97. The van der Waals surface area contributed by atoms with Crippen LogP contribution < -0.4 is 5.32 Å². The largest absolute Gasteiger partial charge is 0.322 e. The number of nitrogens with one attached hydrogen (secondary N) is 1. The molecular formula is C13H8Cl2N2O3. The predicted molar refractivity (Wildman–Crippen MR) is 77.5 cm³/mol. The summed E-state index contributed by atoms with van der Waals surface area (Å²) in [5, 5.41) is 13.8. The lowest BCUT2D eigenvalue weighted by atomic mass is 10.2. The van der Waals surface area contributed by atoms with Crippen LogP contribution in [0, 0.1) is 10.1 Å². The maximum absolute atomic E-state index is 12.0. The number of hydrogen-bond donors (Lipinski definition) is 1. The Kier molecular flexibility index (Phi) is 4.22. The van der Waals surface area contributed by atoms with Crippen LogP contribution in [0.15, 0.2) is 42.5 Å². The summed E-state index contributed by atoms with van der Waals surface area (Å²) in [5.74, 6) is -0.400. The maximum atomic E-state index is 12.0. The third-order valence-electron chi connectivity index (χ3n) is 2.46. The van der Waals surface area contributed by atoms with Crippen molar-refractivity contribution in [1.29, 1.82) is 0 Å². The van der Waals surface area contributed by atoms with E-state index in [1.165, 1.54) is 42.5 Å². The number of benzene rings is 2. The number of carbonyl (C=O) groups is 1. The number of nitrogens with zero attached hydrogens (tertiary/aromatic N) is 1. The SMILES string of the molecule is O=C(Nc1ccc([N+](=O)[O-])cc1)c1cc(Cl)cc(Cl)c1. The molecule has 0 radical (unpaired) electrons. The fourth-order valence-electron chi connectivity index (χ4n) is 1.55. The molecule has 0 saturated carbocycles. The van der Waals surface area contributed by atoms with Crippen LogP contribution in [-0.4, -0.2) is 10.8 Å². The molecule has 1 amide bonds. The van der Waals surface area contributed by atoms with Crippen LogP contribution >= 0.6 is 23.2 Å². The Morgan fingerprint density at radius 3 is 2.10 bits per heavy atom. The standard InChI is InChI=1S/C13H8Cl2N2O3/c14-9-5-8(6-10(15)7-9)13(18)16-11-1-3-12(4-2-11)17(19)20/h1-7H,(H,16,18). The molecule has 2 rings (SSSR count). The fraction of sp³-hybridized carbons (Fsp3) is 0. The Labute approximate surface area is 124 Å². The highest BCUT2D eigenvalue weighted by Crippen LogP contribution is 2.21. The lowest BCUT2D eigenvalue weighted by Gasteiger charge is -2.06. The highest BCUT2D eigenvalue weighted by Gasteiger charge is 2.10. The molecule has 0 aliphatic rings. The molecule has 0 atom stereocenters. The Hall–Kier alpha value is -2.11. The average Bonchev–Trinajstić information content (AvgIpc) is 2.38. The first-order valence-electron chi connectivity index (χ1n) is 5.47. The van der Waals surface area contributed by atoms with E-state index >= 15 is 0 Å². The Bertz CT molecular complexity index is 652. The number of hydrogen-bond acceptors (Lipinski definition) is 3. The van der Waals surface area contributed by atoms with Gasteiger partial charge < -0.3 is 5.32 Å². The van der Waals surface area contributed by atoms with E-state index in [9.17, 15) is 14.9 Å². The average molecular weight is 311 g/mol. The van der Waals surface area contributed by atoms with Gasteiger partial charge in [-0.3, -0.25) is 14.9 Å². The molecule has 0 aliphatic heterocycles. The smallest absolute Gasteiger partial charge is 0.269 e. The van der Waals surface area contributed by atoms with Crippen molar-refractivity contribution in [2.45, 2.75) is 0 Å². The van der Waals surface area contributed by atoms with Crippen LogP contribution in [0.1, 0.15) is 10.4 Å². The molecule has 0 aromatic heterocycles. The summed E-state index contributed by atoms with van der Waals surface area (Å²) in [6.07, 6.45) is 0. The van der Waals surface area contributed by atoms with Crippen molar-refractivity contribution in [2.24, 2.45) is 0 Å². The summed E-state index contributed by atoms with van der Waals surface area (Å²) in [6, 6.07) is 9.99. The maximum Gasteiger partial charge on any atom is 0.269 e. The number of rotatable bonds is 3. The van der Waals surface area contributed by atoms with E-state index < -0.39 is 10.8 Å². The Balaban J connectivity index is 2.16.